The lowest BCUT2D eigenvalue weighted by Gasteiger charge is -2.13. The summed E-state index contributed by atoms with van der Waals surface area (Å²) in [7, 11) is 0. The van der Waals surface area contributed by atoms with E-state index in [4.69, 9.17) is 20.2 Å². The monoisotopic (exact) mass is 604 g/mol. The summed E-state index contributed by atoms with van der Waals surface area (Å²) in [5.74, 6) is -0.569. The van der Waals surface area contributed by atoms with E-state index in [2.05, 4.69) is 66.8 Å². The summed E-state index contributed by atoms with van der Waals surface area (Å²) in [4.78, 5) is 41.6. The van der Waals surface area contributed by atoms with Gasteiger partial charge in [0.15, 0.2) is 0 Å². The minimum atomic E-state index is -0.328. The van der Waals surface area contributed by atoms with Crippen LogP contribution in [-0.2, 0) is 38.6 Å². The van der Waals surface area contributed by atoms with Gasteiger partial charge in [-0.3, -0.25) is 14.4 Å². The van der Waals surface area contributed by atoms with Crippen molar-refractivity contribution in [2.75, 3.05) is 19.9 Å². The number of rotatable bonds is 10. The van der Waals surface area contributed by atoms with Crippen molar-refractivity contribution in [3.63, 3.8) is 0 Å². The lowest BCUT2D eigenvalue weighted by atomic mass is 9.94. The van der Waals surface area contributed by atoms with Crippen LogP contribution in [0, 0.1) is 13.8 Å². The Balaban J connectivity index is 1.29. The van der Waals surface area contributed by atoms with Gasteiger partial charge in [-0.1, -0.05) is 49.4 Å². The minimum absolute atomic E-state index is 0.0284. The zero-order chi connectivity index (χ0) is 31.7. The van der Waals surface area contributed by atoms with Gasteiger partial charge in [0.1, 0.15) is 13.3 Å². The van der Waals surface area contributed by atoms with Crippen LogP contribution in [0.5, 0.6) is 0 Å². The Labute approximate surface area is 261 Å². The second-order valence-electron chi connectivity index (χ2n) is 11.4. The Kier molecular flexibility index (Phi) is 8.47. The molecule has 1 aliphatic heterocycles. The van der Waals surface area contributed by atoms with Crippen LogP contribution in [0.4, 0.5) is 0 Å². The standard InChI is InChI=1S/C36H36N4O5/c1-4-33(42)45-19-29-21(2)15-31-35-28(18-40(31)36(29)43)22(3)34-27-16-26(10-9-25(27)11-12-30(34)39-35)24-7-5-23(6-8-24)13-14-44-20-38-32(41)17-37/h5-12,15-16H,4,13-14,17-20,37H2,1-3H3,(H,38,41). The number of benzene rings is 3. The van der Waals surface area contributed by atoms with Gasteiger partial charge in [0, 0.05) is 17.4 Å². The highest BCUT2D eigenvalue weighted by Crippen LogP contribution is 2.39. The average Bonchev–Trinajstić information content (AvgIpc) is 3.42. The Morgan fingerprint density at radius 3 is 2.53 bits per heavy atom. The van der Waals surface area contributed by atoms with Crippen LogP contribution in [0.3, 0.4) is 0 Å². The lowest BCUT2D eigenvalue weighted by Crippen LogP contribution is -2.32. The summed E-state index contributed by atoms with van der Waals surface area (Å²) < 4.78 is 12.6. The molecule has 0 saturated heterocycles. The number of fused-ring (bicyclic) bond motifs is 6. The third-order valence-corrected chi connectivity index (χ3v) is 8.57. The van der Waals surface area contributed by atoms with E-state index < -0.39 is 0 Å². The third-order valence-electron chi connectivity index (χ3n) is 8.57. The number of carbonyl (C=O) groups excluding carboxylic acids is 2. The number of nitrogens with zero attached hydrogens (tertiary/aromatic N) is 2. The van der Waals surface area contributed by atoms with Crippen LogP contribution in [0.2, 0.25) is 0 Å². The zero-order valence-electron chi connectivity index (χ0n) is 25.7. The van der Waals surface area contributed by atoms with E-state index in [1.165, 1.54) is 0 Å². The molecule has 0 spiro atoms. The molecule has 2 aromatic heterocycles. The summed E-state index contributed by atoms with van der Waals surface area (Å²) in [6.45, 7) is 6.71. The number of nitrogens with one attached hydrogen (secondary N) is 1. The van der Waals surface area contributed by atoms with Crippen molar-refractivity contribution in [2.45, 2.75) is 46.8 Å². The second kappa shape index (κ2) is 12.6. The maximum atomic E-state index is 13.5. The van der Waals surface area contributed by atoms with Crippen LogP contribution in [0.1, 0.15) is 41.2 Å². The van der Waals surface area contributed by atoms with Crippen molar-refractivity contribution in [1.29, 1.82) is 0 Å². The first-order chi connectivity index (χ1) is 21.8. The second-order valence-corrected chi connectivity index (χ2v) is 11.4. The van der Waals surface area contributed by atoms with Crippen LogP contribution in [0.25, 0.3) is 44.2 Å². The van der Waals surface area contributed by atoms with Gasteiger partial charge in [-0.15, -0.1) is 0 Å². The quantitative estimate of drug-likeness (QED) is 0.0986. The molecular formula is C36H36N4O5. The topological polar surface area (TPSA) is 126 Å². The molecule has 0 atom stereocenters. The van der Waals surface area contributed by atoms with Crippen LogP contribution in [0.15, 0.2) is 65.5 Å². The fraction of sp³-hybridized carbons (Fsp3) is 0.278. The first kappa shape index (κ1) is 30.2. The number of aryl methyl sites for hydroxylation is 2. The SMILES string of the molecule is CCC(=O)OCc1c(C)cc2n(c1=O)Cc1c-2nc2ccc3ccc(-c4ccc(CCOCNC(=O)CN)cc4)cc3c2c1C. The maximum Gasteiger partial charge on any atom is 0.305 e. The van der Waals surface area contributed by atoms with Crippen LogP contribution >= 0.6 is 0 Å². The lowest BCUT2D eigenvalue weighted by molar-refractivity contribution is -0.144. The van der Waals surface area contributed by atoms with E-state index in [-0.39, 0.29) is 43.7 Å². The molecule has 3 aromatic carbocycles. The van der Waals surface area contributed by atoms with Crippen molar-refractivity contribution >= 4 is 33.6 Å². The molecule has 45 heavy (non-hydrogen) atoms. The van der Waals surface area contributed by atoms with E-state index in [1.54, 1.807) is 11.5 Å². The highest BCUT2D eigenvalue weighted by molar-refractivity contribution is 6.10. The molecule has 0 radical (unpaired) electrons. The molecule has 0 fully saturated rings. The number of ether oxygens (including phenoxy) is 2. The predicted octanol–water partition coefficient (Wildman–Crippen LogP) is 4.91. The van der Waals surface area contributed by atoms with E-state index in [0.29, 0.717) is 18.7 Å². The smallest absolute Gasteiger partial charge is 0.305 e. The first-order valence-electron chi connectivity index (χ1n) is 15.2. The summed E-state index contributed by atoms with van der Waals surface area (Å²) in [6, 6.07) is 21.0. The summed E-state index contributed by atoms with van der Waals surface area (Å²) >= 11 is 0. The number of nitrogens with two attached hydrogens (primary N) is 1. The van der Waals surface area contributed by atoms with Gasteiger partial charge < -0.3 is 25.1 Å². The Morgan fingerprint density at radius 1 is 1.02 bits per heavy atom. The summed E-state index contributed by atoms with van der Waals surface area (Å²) in [5, 5.41) is 5.91. The van der Waals surface area contributed by atoms with Crippen molar-refractivity contribution in [2.24, 2.45) is 5.73 Å². The van der Waals surface area contributed by atoms with Gasteiger partial charge in [-0.2, -0.15) is 0 Å². The first-order valence-corrected chi connectivity index (χ1v) is 15.2. The Hall–Kier alpha value is -4.86. The summed E-state index contributed by atoms with van der Waals surface area (Å²) in [6.07, 6.45) is 0.996. The fourth-order valence-electron chi connectivity index (χ4n) is 5.98. The molecule has 6 rings (SSSR count). The molecule has 0 aliphatic carbocycles. The minimum Gasteiger partial charge on any atom is -0.461 e. The van der Waals surface area contributed by atoms with Gasteiger partial charge in [0.2, 0.25) is 5.91 Å². The van der Waals surface area contributed by atoms with Crippen molar-refractivity contribution in [3.05, 3.63) is 98.8 Å². The van der Waals surface area contributed by atoms with Crippen molar-refractivity contribution < 1.29 is 19.1 Å². The van der Waals surface area contributed by atoms with Gasteiger partial charge in [-0.25, -0.2) is 4.98 Å². The molecule has 0 unspecified atom stereocenters. The van der Waals surface area contributed by atoms with E-state index >= 15 is 0 Å². The number of amides is 1. The number of esters is 1. The van der Waals surface area contributed by atoms with Gasteiger partial charge in [-0.05, 0) is 77.1 Å². The number of pyridine rings is 2. The number of hydrogen-bond acceptors (Lipinski definition) is 7. The molecule has 3 heterocycles. The molecule has 1 amide bonds. The molecule has 1 aliphatic rings. The predicted molar refractivity (Wildman–Crippen MR) is 175 cm³/mol. The van der Waals surface area contributed by atoms with E-state index in [1.807, 2.05) is 13.0 Å². The molecule has 9 heteroatoms. The number of hydrogen-bond donors (Lipinski definition) is 2. The Bertz CT molecular complexity index is 2010. The molecule has 0 bridgehead atoms. The third kappa shape index (κ3) is 5.84. The van der Waals surface area contributed by atoms with Crippen LogP contribution in [-0.4, -0.2) is 41.3 Å². The maximum absolute atomic E-state index is 13.5. The molecule has 3 N–H and O–H groups in total. The van der Waals surface area contributed by atoms with E-state index in [0.717, 1.165) is 72.9 Å². The number of carbonyl (C=O) groups is 2. The molecule has 0 saturated carbocycles. The van der Waals surface area contributed by atoms with Gasteiger partial charge in [0.05, 0.1) is 42.2 Å². The molecule has 9 nitrogen and oxygen atoms in total. The van der Waals surface area contributed by atoms with Gasteiger partial charge >= 0.3 is 5.97 Å². The molecule has 5 aromatic rings. The van der Waals surface area contributed by atoms with E-state index in [9.17, 15) is 14.4 Å². The van der Waals surface area contributed by atoms with Crippen molar-refractivity contribution in [1.82, 2.24) is 14.9 Å². The normalized spacial score (nSPS) is 11.9. The van der Waals surface area contributed by atoms with Gasteiger partial charge in [0.25, 0.3) is 5.56 Å². The largest absolute Gasteiger partial charge is 0.461 e. The average molecular weight is 605 g/mol. The highest BCUT2D eigenvalue weighted by Gasteiger charge is 2.27. The zero-order valence-corrected chi connectivity index (χ0v) is 25.7. The molecule has 230 valence electrons. The summed E-state index contributed by atoms with van der Waals surface area (Å²) in [5.41, 5.74) is 14.4. The highest BCUT2D eigenvalue weighted by atomic mass is 16.5. The fourth-order valence-corrected chi connectivity index (χ4v) is 5.98. The molecular weight excluding hydrogens is 568 g/mol. The number of aromatic nitrogens is 2. The van der Waals surface area contributed by atoms with Crippen LogP contribution < -0.4 is 16.6 Å². The Morgan fingerprint density at radius 2 is 1.78 bits per heavy atom. The van der Waals surface area contributed by atoms with Crippen molar-refractivity contribution in [3.8, 4) is 22.5 Å².